The summed E-state index contributed by atoms with van der Waals surface area (Å²) < 4.78 is 0. The van der Waals surface area contributed by atoms with Crippen LogP contribution in [0.25, 0.3) is 12.8 Å². The second-order valence-corrected chi connectivity index (χ2v) is 3.75. The van der Waals surface area contributed by atoms with Gasteiger partial charge in [0.15, 0.2) is 0 Å². The molecule has 1 aromatic carbocycles. The van der Waals surface area contributed by atoms with Crippen LogP contribution < -0.4 is 15.8 Å². The maximum atomic E-state index is 4.07. The second-order valence-electron chi connectivity index (χ2n) is 3.75. The van der Waals surface area contributed by atoms with Gasteiger partial charge in [0.1, 0.15) is 0 Å². The van der Waals surface area contributed by atoms with Gasteiger partial charge in [-0.05, 0) is 42.3 Å². The lowest BCUT2D eigenvalue weighted by atomic mass is 10.1. The lowest BCUT2D eigenvalue weighted by Crippen LogP contribution is -2.29. The molecule has 1 rings (SSSR count). The number of nitrogens with one attached hydrogen (secondary N) is 1. The molecule has 1 nitrogen and oxygen atoms in total. The summed E-state index contributed by atoms with van der Waals surface area (Å²) in [5.41, 5.74) is 2.55. The Morgan fingerprint density at radius 2 is 2.07 bits per heavy atom. The quantitative estimate of drug-likeness (QED) is 0.710. The molecule has 1 heteroatoms. The molecule has 0 atom stereocenters. The summed E-state index contributed by atoms with van der Waals surface area (Å²) in [6.07, 6.45) is 3.21. The molecule has 0 fully saturated rings. The number of hydrogen-bond donors (Lipinski definition) is 1. The highest BCUT2D eigenvalue weighted by atomic mass is 14.8. The van der Waals surface area contributed by atoms with Crippen molar-refractivity contribution in [2.75, 3.05) is 6.54 Å². The van der Waals surface area contributed by atoms with Gasteiger partial charge in [0.05, 0.1) is 0 Å². The van der Waals surface area contributed by atoms with E-state index in [4.69, 9.17) is 0 Å². The average molecular weight is 189 g/mol. The van der Waals surface area contributed by atoms with E-state index in [1.807, 2.05) is 0 Å². The zero-order valence-electron chi connectivity index (χ0n) is 9.35. The first-order chi connectivity index (χ1) is 6.65. The average Bonchev–Trinajstić information content (AvgIpc) is 2.13. The van der Waals surface area contributed by atoms with Crippen LogP contribution in [-0.2, 0) is 0 Å². The topological polar surface area (TPSA) is 12.0 Å². The van der Waals surface area contributed by atoms with E-state index >= 15 is 0 Å². The molecule has 0 saturated heterocycles. The number of rotatable bonds is 3. The zero-order chi connectivity index (χ0) is 10.6. The summed E-state index contributed by atoms with van der Waals surface area (Å²) in [4.78, 5) is 0. The van der Waals surface area contributed by atoms with Crippen molar-refractivity contribution in [3.8, 4) is 0 Å². The standard InChI is InChI=1S/C13H19N/c1-5-6-14-9-13-8-10(2)7-11(3)12(13)4/h7-9,14H,4-6H2,1-3H3/b13-9-. The molecular weight excluding hydrogens is 170 g/mol. The van der Waals surface area contributed by atoms with Crippen molar-refractivity contribution in [3.05, 3.63) is 33.7 Å². The van der Waals surface area contributed by atoms with Crippen molar-refractivity contribution in [3.63, 3.8) is 0 Å². The molecule has 0 aliphatic rings. The fraction of sp³-hybridized carbons (Fsp3) is 0.385. The van der Waals surface area contributed by atoms with Gasteiger partial charge in [0.2, 0.25) is 0 Å². The molecule has 1 N–H and O–H groups in total. The molecule has 0 spiro atoms. The Hall–Kier alpha value is -1.24. The first kappa shape index (κ1) is 10.8. The monoisotopic (exact) mass is 189 g/mol. The van der Waals surface area contributed by atoms with Gasteiger partial charge in [0.25, 0.3) is 0 Å². The SMILES string of the molecule is C=c1c(C)cc(C)c/c1=C/NCCC. The van der Waals surface area contributed by atoms with Crippen LogP contribution in [-0.4, -0.2) is 6.54 Å². The van der Waals surface area contributed by atoms with Crippen LogP contribution in [0.2, 0.25) is 0 Å². The fourth-order valence-corrected chi connectivity index (χ4v) is 1.49. The lowest BCUT2D eigenvalue weighted by Gasteiger charge is -2.00. The molecule has 0 aliphatic carbocycles. The normalized spacial score (nSPS) is 11.8. The van der Waals surface area contributed by atoms with Gasteiger partial charge < -0.3 is 5.32 Å². The van der Waals surface area contributed by atoms with Crippen LogP contribution in [0, 0.1) is 13.8 Å². The molecule has 0 aliphatic heterocycles. The van der Waals surface area contributed by atoms with Crippen molar-refractivity contribution >= 4 is 12.8 Å². The van der Waals surface area contributed by atoms with Gasteiger partial charge in [0, 0.05) is 12.7 Å². The molecule has 0 amide bonds. The third kappa shape index (κ3) is 2.63. The minimum Gasteiger partial charge on any atom is -0.390 e. The molecule has 0 heterocycles. The molecule has 0 bridgehead atoms. The van der Waals surface area contributed by atoms with Crippen LogP contribution in [0.1, 0.15) is 24.5 Å². The molecular formula is C13H19N. The number of aryl methyl sites for hydroxylation is 2. The Bertz CT molecular complexity index is 404. The van der Waals surface area contributed by atoms with Crippen LogP contribution in [0.3, 0.4) is 0 Å². The second kappa shape index (κ2) is 4.85. The largest absolute Gasteiger partial charge is 0.390 e. The van der Waals surface area contributed by atoms with Crippen molar-refractivity contribution in [2.45, 2.75) is 27.2 Å². The predicted octanol–water partition coefficient (Wildman–Crippen LogP) is 1.45. The predicted molar refractivity (Wildman–Crippen MR) is 63.4 cm³/mol. The molecule has 0 radical (unpaired) electrons. The van der Waals surface area contributed by atoms with Gasteiger partial charge >= 0.3 is 0 Å². The molecule has 1 aromatic rings. The Kier molecular flexibility index (Phi) is 3.75. The van der Waals surface area contributed by atoms with Gasteiger partial charge in [-0.2, -0.15) is 0 Å². The van der Waals surface area contributed by atoms with Gasteiger partial charge in [-0.25, -0.2) is 0 Å². The smallest absolute Gasteiger partial charge is 0.0139 e. The first-order valence-electron chi connectivity index (χ1n) is 5.15. The molecule has 0 saturated carbocycles. The van der Waals surface area contributed by atoms with Crippen LogP contribution in [0.4, 0.5) is 0 Å². The van der Waals surface area contributed by atoms with E-state index in [2.05, 4.69) is 51.0 Å². The molecule has 14 heavy (non-hydrogen) atoms. The van der Waals surface area contributed by atoms with E-state index in [-0.39, 0.29) is 0 Å². The molecule has 76 valence electrons. The summed E-state index contributed by atoms with van der Waals surface area (Å²) >= 11 is 0. The van der Waals surface area contributed by atoms with Crippen molar-refractivity contribution in [2.24, 2.45) is 0 Å². The van der Waals surface area contributed by atoms with E-state index in [1.165, 1.54) is 16.3 Å². The zero-order valence-corrected chi connectivity index (χ0v) is 9.35. The maximum Gasteiger partial charge on any atom is 0.0139 e. The molecule has 0 unspecified atom stereocenters. The van der Waals surface area contributed by atoms with Gasteiger partial charge in [-0.1, -0.05) is 25.1 Å². The van der Waals surface area contributed by atoms with Crippen molar-refractivity contribution < 1.29 is 0 Å². The first-order valence-corrected chi connectivity index (χ1v) is 5.15. The van der Waals surface area contributed by atoms with Crippen LogP contribution in [0.15, 0.2) is 12.1 Å². The summed E-state index contributed by atoms with van der Waals surface area (Å²) in [5, 5.41) is 5.61. The summed E-state index contributed by atoms with van der Waals surface area (Å²) in [6.45, 7) is 11.5. The summed E-state index contributed by atoms with van der Waals surface area (Å²) in [7, 11) is 0. The van der Waals surface area contributed by atoms with E-state index < -0.39 is 0 Å². The van der Waals surface area contributed by atoms with Crippen molar-refractivity contribution in [1.29, 1.82) is 0 Å². The Morgan fingerprint density at radius 1 is 1.36 bits per heavy atom. The Morgan fingerprint density at radius 3 is 2.71 bits per heavy atom. The number of benzene rings is 1. The van der Waals surface area contributed by atoms with Gasteiger partial charge in [-0.3, -0.25) is 0 Å². The van der Waals surface area contributed by atoms with Crippen molar-refractivity contribution in [1.82, 2.24) is 5.32 Å². The highest BCUT2D eigenvalue weighted by Gasteiger charge is 1.91. The van der Waals surface area contributed by atoms with Crippen LogP contribution in [0.5, 0.6) is 0 Å². The fourth-order valence-electron chi connectivity index (χ4n) is 1.49. The third-order valence-electron chi connectivity index (χ3n) is 2.30. The van der Waals surface area contributed by atoms with Gasteiger partial charge in [-0.15, -0.1) is 0 Å². The lowest BCUT2D eigenvalue weighted by molar-refractivity contribution is 0.837. The van der Waals surface area contributed by atoms with E-state index in [0.717, 1.165) is 18.2 Å². The van der Waals surface area contributed by atoms with Crippen LogP contribution >= 0.6 is 0 Å². The van der Waals surface area contributed by atoms with E-state index in [9.17, 15) is 0 Å². The number of hydrogen-bond acceptors (Lipinski definition) is 1. The third-order valence-corrected chi connectivity index (χ3v) is 2.30. The Labute approximate surface area is 86.2 Å². The minimum atomic E-state index is 1.02. The highest BCUT2D eigenvalue weighted by molar-refractivity contribution is 5.32. The minimum absolute atomic E-state index is 1.02. The van der Waals surface area contributed by atoms with E-state index in [0.29, 0.717) is 0 Å². The molecule has 0 aromatic heterocycles. The summed E-state index contributed by atoms with van der Waals surface area (Å²) in [5.74, 6) is 0. The maximum absolute atomic E-state index is 4.07. The van der Waals surface area contributed by atoms with E-state index in [1.54, 1.807) is 0 Å². The highest BCUT2D eigenvalue weighted by Crippen LogP contribution is 1.92. The summed E-state index contributed by atoms with van der Waals surface area (Å²) in [6, 6.07) is 4.33. The Balaban J connectivity index is 3.08.